The molecule has 2 heteroatoms. The second-order valence-corrected chi connectivity index (χ2v) is 9.40. The van der Waals surface area contributed by atoms with Gasteiger partial charge in [-0.1, -0.05) is 0 Å². The van der Waals surface area contributed by atoms with Crippen molar-refractivity contribution in [2.24, 2.45) is 5.92 Å². The molecule has 2 aromatic carbocycles. The second kappa shape index (κ2) is 7.46. The molecule has 116 valence electrons. The van der Waals surface area contributed by atoms with E-state index < -0.39 is 0 Å². The Bertz CT molecular complexity index is 567. The van der Waals surface area contributed by atoms with Crippen LogP contribution >= 0.6 is 0 Å². The molecule has 0 spiro atoms. The van der Waals surface area contributed by atoms with Crippen LogP contribution in [0.15, 0.2) is 60.7 Å². The van der Waals surface area contributed by atoms with Gasteiger partial charge in [0.2, 0.25) is 0 Å². The van der Waals surface area contributed by atoms with Crippen LogP contribution in [0, 0.1) is 5.92 Å². The summed E-state index contributed by atoms with van der Waals surface area (Å²) in [5, 5.41) is 0. The maximum absolute atomic E-state index is 2.72. The van der Waals surface area contributed by atoms with Crippen LogP contribution in [0.2, 0.25) is 4.82 Å². The normalized spacial score (nSPS) is 22.3. The SMILES string of the molecule is CC(C)C1CC([Se]c2ccccc2)CN1Cc1ccccc1. The fourth-order valence-electron chi connectivity index (χ4n) is 3.36. The molecule has 2 atom stereocenters. The zero-order valence-corrected chi connectivity index (χ0v) is 15.2. The summed E-state index contributed by atoms with van der Waals surface area (Å²) in [6.07, 6.45) is 1.36. The van der Waals surface area contributed by atoms with E-state index in [4.69, 9.17) is 0 Å². The zero-order chi connectivity index (χ0) is 15.4. The molecular formula is C20H25NSe. The molecule has 22 heavy (non-hydrogen) atoms. The van der Waals surface area contributed by atoms with Gasteiger partial charge in [-0.05, 0) is 0 Å². The van der Waals surface area contributed by atoms with Gasteiger partial charge in [0.25, 0.3) is 0 Å². The van der Waals surface area contributed by atoms with Gasteiger partial charge in [0, 0.05) is 0 Å². The third-order valence-electron chi connectivity index (χ3n) is 4.46. The van der Waals surface area contributed by atoms with Crippen LogP contribution in [0.5, 0.6) is 0 Å². The first-order chi connectivity index (χ1) is 10.7. The van der Waals surface area contributed by atoms with E-state index in [1.165, 1.54) is 18.5 Å². The molecule has 0 radical (unpaired) electrons. The first-order valence-corrected chi connectivity index (χ1v) is 10.1. The minimum atomic E-state index is 0.597. The topological polar surface area (TPSA) is 3.24 Å². The molecule has 0 N–H and O–H groups in total. The Balaban J connectivity index is 1.67. The van der Waals surface area contributed by atoms with Gasteiger partial charge >= 0.3 is 141 Å². The summed E-state index contributed by atoms with van der Waals surface area (Å²) in [6, 6.07) is 22.7. The molecule has 3 rings (SSSR count). The van der Waals surface area contributed by atoms with Crippen molar-refractivity contribution in [2.75, 3.05) is 6.54 Å². The first kappa shape index (κ1) is 15.8. The molecular weight excluding hydrogens is 333 g/mol. The Kier molecular flexibility index (Phi) is 5.36. The summed E-state index contributed by atoms with van der Waals surface area (Å²) in [6.45, 7) is 7.11. The zero-order valence-electron chi connectivity index (χ0n) is 13.5. The van der Waals surface area contributed by atoms with E-state index in [2.05, 4.69) is 79.4 Å². The molecule has 1 fully saturated rings. The van der Waals surface area contributed by atoms with Crippen LogP contribution in [0.25, 0.3) is 0 Å². The van der Waals surface area contributed by atoms with Crippen molar-refractivity contribution in [3.8, 4) is 0 Å². The number of likely N-dealkylation sites (tertiary alicyclic amines) is 1. The molecule has 0 bridgehead atoms. The molecule has 0 saturated carbocycles. The Hall–Kier alpha value is -1.08. The van der Waals surface area contributed by atoms with Gasteiger partial charge in [-0.25, -0.2) is 0 Å². The van der Waals surface area contributed by atoms with Crippen molar-refractivity contribution in [1.29, 1.82) is 0 Å². The molecule has 0 aliphatic carbocycles. The van der Waals surface area contributed by atoms with E-state index in [1.54, 1.807) is 4.46 Å². The number of hydrogen-bond acceptors (Lipinski definition) is 1. The van der Waals surface area contributed by atoms with Gasteiger partial charge in [0.15, 0.2) is 0 Å². The van der Waals surface area contributed by atoms with Gasteiger partial charge in [-0.15, -0.1) is 0 Å². The molecule has 1 saturated heterocycles. The summed E-state index contributed by atoms with van der Waals surface area (Å²) in [5.41, 5.74) is 1.45. The van der Waals surface area contributed by atoms with Crippen LogP contribution in [0.1, 0.15) is 25.8 Å². The van der Waals surface area contributed by atoms with E-state index in [9.17, 15) is 0 Å². The molecule has 0 aromatic heterocycles. The summed E-state index contributed by atoms with van der Waals surface area (Å²) in [4.78, 5) is 3.57. The van der Waals surface area contributed by atoms with Gasteiger partial charge in [-0.3, -0.25) is 0 Å². The Morgan fingerprint density at radius 1 is 1.00 bits per heavy atom. The van der Waals surface area contributed by atoms with Crippen LogP contribution < -0.4 is 4.46 Å². The van der Waals surface area contributed by atoms with Crippen molar-refractivity contribution < 1.29 is 0 Å². The predicted molar refractivity (Wildman–Crippen MR) is 95.7 cm³/mol. The molecule has 2 aromatic rings. The van der Waals surface area contributed by atoms with Crippen molar-refractivity contribution in [3.05, 3.63) is 66.2 Å². The average Bonchev–Trinajstić information content (AvgIpc) is 2.92. The summed E-state index contributed by atoms with van der Waals surface area (Å²) in [5.74, 6) is 0.736. The molecule has 1 heterocycles. The fraction of sp³-hybridized carbons (Fsp3) is 0.400. The molecule has 2 unspecified atom stereocenters. The first-order valence-electron chi connectivity index (χ1n) is 8.22. The monoisotopic (exact) mass is 359 g/mol. The summed E-state index contributed by atoms with van der Waals surface area (Å²) >= 11 is 0.597. The number of rotatable bonds is 5. The van der Waals surface area contributed by atoms with Crippen LogP contribution in [-0.2, 0) is 6.54 Å². The van der Waals surface area contributed by atoms with Gasteiger partial charge in [0.05, 0.1) is 0 Å². The van der Waals surface area contributed by atoms with E-state index >= 15 is 0 Å². The van der Waals surface area contributed by atoms with E-state index in [-0.39, 0.29) is 0 Å². The molecule has 1 nitrogen and oxygen atoms in total. The standard InChI is InChI=1S/C20H25NSe/c1-16(2)20-13-19(22-18-11-7-4-8-12-18)15-21(20)14-17-9-5-3-6-10-17/h3-12,16,19-20H,13-15H2,1-2H3. The Labute approximate surface area is 140 Å². The van der Waals surface area contributed by atoms with Crippen LogP contribution in [0.4, 0.5) is 0 Å². The van der Waals surface area contributed by atoms with Crippen LogP contribution in [0.3, 0.4) is 0 Å². The summed E-state index contributed by atoms with van der Waals surface area (Å²) < 4.78 is 1.55. The van der Waals surface area contributed by atoms with Crippen molar-refractivity contribution >= 4 is 19.4 Å². The molecule has 1 aliphatic rings. The predicted octanol–water partition coefficient (Wildman–Crippen LogP) is 3.74. The number of hydrogen-bond donors (Lipinski definition) is 0. The Morgan fingerprint density at radius 3 is 2.27 bits per heavy atom. The fourth-order valence-corrected chi connectivity index (χ4v) is 6.00. The minimum absolute atomic E-state index is 0.597. The molecule has 1 aliphatic heterocycles. The van der Waals surface area contributed by atoms with Gasteiger partial charge < -0.3 is 0 Å². The van der Waals surface area contributed by atoms with Crippen LogP contribution in [-0.4, -0.2) is 32.4 Å². The van der Waals surface area contributed by atoms with Gasteiger partial charge in [0.1, 0.15) is 0 Å². The van der Waals surface area contributed by atoms with Crippen molar-refractivity contribution in [2.45, 2.75) is 37.7 Å². The maximum atomic E-state index is 2.72. The quantitative estimate of drug-likeness (QED) is 0.736. The summed E-state index contributed by atoms with van der Waals surface area (Å²) in [7, 11) is 0. The van der Waals surface area contributed by atoms with E-state index in [1.807, 2.05) is 0 Å². The van der Waals surface area contributed by atoms with Gasteiger partial charge in [-0.2, -0.15) is 0 Å². The molecule has 0 amide bonds. The number of nitrogens with zero attached hydrogens (tertiary/aromatic N) is 1. The second-order valence-electron chi connectivity index (χ2n) is 6.52. The third-order valence-corrected chi connectivity index (χ3v) is 7.01. The third kappa shape index (κ3) is 4.01. The van der Waals surface area contributed by atoms with Crippen molar-refractivity contribution in [1.82, 2.24) is 4.90 Å². The van der Waals surface area contributed by atoms with E-state index in [0.717, 1.165) is 23.3 Å². The average molecular weight is 358 g/mol. The Morgan fingerprint density at radius 2 is 1.64 bits per heavy atom. The van der Waals surface area contributed by atoms with Crippen molar-refractivity contribution in [3.63, 3.8) is 0 Å². The van der Waals surface area contributed by atoms with E-state index in [0.29, 0.717) is 15.0 Å². The number of benzene rings is 2.